The number of likely N-dealkylation sites (tertiary alicyclic amines) is 1. The topological polar surface area (TPSA) is 32.7 Å². The summed E-state index contributed by atoms with van der Waals surface area (Å²) in [6.45, 7) is 4.10. The van der Waals surface area contributed by atoms with Crippen LogP contribution >= 0.6 is 11.8 Å². The summed E-state index contributed by atoms with van der Waals surface area (Å²) in [4.78, 5) is 2.71. The SMILES string of the molecule is CC(O)CC1CCCN1C1CCOC2(CCSCC2)C1. The Bertz CT molecular complexity index is 312. The van der Waals surface area contributed by atoms with Gasteiger partial charge in [0, 0.05) is 18.7 Å². The molecule has 3 aliphatic heterocycles. The molecule has 0 aromatic rings. The molecule has 3 unspecified atom stereocenters. The van der Waals surface area contributed by atoms with Crippen molar-refractivity contribution in [3.05, 3.63) is 0 Å². The minimum atomic E-state index is -0.166. The van der Waals surface area contributed by atoms with Crippen LogP contribution in [0.15, 0.2) is 0 Å². The maximum absolute atomic E-state index is 9.72. The highest BCUT2D eigenvalue weighted by molar-refractivity contribution is 7.99. The highest BCUT2D eigenvalue weighted by atomic mass is 32.2. The van der Waals surface area contributed by atoms with E-state index in [0.717, 1.165) is 13.0 Å². The summed E-state index contributed by atoms with van der Waals surface area (Å²) in [5, 5.41) is 9.72. The van der Waals surface area contributed by atoms with Gasteiger partial charge in [-0.1, -0.05) is 0 Å². The van der Waals surface area contributed by atoms with Crippen molar-refractivity contribution in [3.63, 3.8) is 0 Å². The van der Waals surface area contributed by atoms with Crippen LogP contribution in [0.3, 0.4) is 0 Å². The second-order valence-corrected chi connectivity index (χ2v) is 8.13. The van der Waals surface area contributed by atoms with E-state index in [1.807, 2.05) is 6.92 Å². The van der Waals surface area contributed by atoms with E-state index in [1.54, 1.807) is 0 Å². The number of aliphatic hydroxyl groups is 1. The summed E-state index contributed by atoms with van der Waals surface area (Å²) >= 11 is 2.08. The molecular formula is C16H29NO2S. The van der Waals surface area contributed by atoms with Crippen LogP contribution in [-0.2, 0) is 4.74 Å². The molecule has 3 heterocycles. The van der Waals surface area contributed by atoms with Gasteiger partial charge < -0.3 is 9.84 Å². The van der Waals surface area contributed by atoms with E-state index in [-0.39, 0.29) is 11.7 Å². The summed E-state index contributed by atoms with van der Waals surface area (Å²) in [6, 6.07) is 1.30. The Morgan fingerprint density at radius 1 is 1.35 bits per heavy atom. The van der Waals surface area contributed by atoms with E-state index in [0.29, 0.717) is 12.1 Å². The third-order valence-corrected chi connectivity index (χ3v) is 6.36. The lowest BCUT2D eigenvalue weighted by atomic mass is 9.84. The van der Waals surface area contributed by atoms with Gasteiger partial charge in [-0.3, -0.25) is 4.90 Å². The Labute approximate surface area is 127 Å². The van der Waals surface area contributed by atoms with Gasteiger partial charge >= 0.3 is 0 Å². The van der Waals surface area contributed by atoms with Crippen molar-refractivity contribution in [2.75, 3.05) is 24.7 Å². The van der Waals surface area contributed by atoms with Crippen molar-refractivity contribution < 1.29 is 9.84 Å². The molecule has 0 bridgehead atoms. The monoisotopic (exact) mass is 299 g/mol. The fourth-order valence-corrected chi connectivity index (χ4v) is 5.60. The largest absolute Gasteiger partial charge is 0.393 e. The molecule has 3 atom stereocenters. The normalized spacial score (nSPS) is 36.3. The molecule has 4 heteroatoms. The molecule has 116 valence electrons. The Morgan fingerprint density at radius 3 is 2.90 bits per heavy atom. The number of rotatable bonds is 3. The number of nitrogens with zero attached hydrogens (tertiary/aromatic N) is 1. The predicted octanol–water partition coefficient (Wildman–Crippen LogP) is 2.67. The fourth-order valence-electron chi connectivity index (χ4n) is 4.36. The van der Waals surface area contributed by atoms with Crippen LogP contribution in [0, 0.1) is 0 Å². The molecule has 0 aromatic carbocycles. The first-order chi connectivity index (χ1) is 9.69. The van der Waals surface area contributed by atoms with Crippen molar-refractivity contribution in [3.8, 4) is 0 Å². The van der Waals surface area contributed by atoms with Gasteiger partial charge in [0.25, 0.3) is 0 Å². The average Bonchev–Trinajstić information content (AvgIpc) is 2.87. The molecule has 0 saturated carbocycles. The van der Waals surface area contributed by atoms with Crippen LogP contribution in [0.4, 0.5) is 0 Å². The second kappa shape index (κ2) is 6.55. The first-order valence-corrected chi connectivity index (χ1v) is 9.49. The maximum atomic E-state index is 9.72. The van der Waals surface area contributed by atoms with Crippen LogP contribution < -0.4 is 0 Å². The van der Waals surface area contributed by atoms with E-state index in [1.165, 1.54) is 56.6 Å². The van der Waals surface area contributed by atoms with E-state index >= 15 is 0 Å². The molecule has 0 amide bonds. The molecule has 1 N–H and O–H groups in total. The van der Waals surface area contributed by atoms with Gasteiger partial charge in [-0.15, -0.1) is 0 Å². The minimum absolute atomic E-state index is 0.166. The zero-order chi connectivity index (χ0) is 14.0. The summed E-state index contributed by atoms with van der Waals surface area (Å²) in [5.41, 5.74) is 0.187. The number of ether oxygens (including phenoxy) is 1. The van der Waals surface area contributed by atoms with Crippen molar-refractivity contribution in [2.24, 2.45) is 0 Å². The van der Waals surface area contributed by atoms with Gasteiger partial charge in [-0.25, -0.2) is 0 Å². The summed E-state index contributed by atoms with van der Waals surface area (Å²) in [7, 11) is 0. The predicted molar refractivity (Wildman–Crippen MR) is 84.3 cm³/mol. The van der Waals surface area contributed by atoms with Gasteiger partial charge in [0.1, 0.15) is 0 Å². The van der Waals surface area contributed by atoms with Gasteiger partial charge in [-0.2, -0.15) is 11.8 Å². The molecule has 0 radical (unpaired) electrons. The molecule has 3 rings (SSSR count). The van der Waals surface area contributed by atoms with Crippen molar-refractivity contribution in [1.29, 1.82) is 0 Å². The van der Waals surface area contributed by atoms with Crippen LogP contribution in [0.5, 0.6) is 0 Å². The van der Waals surface area contributed by atoms with Gasteiger partial charge in [0.05, 0.1) is 11.7 Å². The van der Waals surface area contributed by atoms with E-state index in [2.05, 4.69) is 16.7 Å². The van der Waals surface area contributed by atoms with Crippen molar-refractivity contribution in [1.82, 2.24) is 4.90 Å². The average molecular weight is 299 g/mol. The molecule has 3 nitrogen and oxygen atoms in total. The highest BCUT2D eigenvalue weighted by Crippen LogP contribution is 2.40. The third kappa shape index (κ3) is 3.34. The Morgan fingerprint density at radius 2 is 2.15 bits per heavy atom. The molecule has 3 aliphatic rings. The minimum Gasteiger partial charge on any atom is -0.393 e. The zero-order valence-corrected chi connectivity index (χ0v) is 13.5. The lowest BCUT2D eigenvalue weighted by molar-refractivity contribution is -0.112. The van der Waals surface area contributed by atoms with Crippen molar-refractivity contribution in [2.45, 2.75) is 75.7 Å². The van der Waals surface area contributed by atoms with E-state index < -0.39 is 0 Å². The highest BCUT2D eigenvalue weighted by Gasteiger charge is 2.42. The summed E-state index contributed by atoms with van der Waals surface area (Å²) in [6.07, 6.45) is 8.24. The van der Waals surface area contributed by atoms with E-state index in [9.17, 15) is 5.11 Å². The number of aliphatic hydroxyl groups excluding tert-OH is 1. The quantitative estimate of drug-likeness (QED) is 0.868. The Hall–Kier alpha value is 0.230. The smallest absolute Gasteiger partial charge is 0.0713 e. The number of hydrogen-bond donors (Lipinski definition) is 1. The molecular weight excluding hydrogens is 270 g/mol. The van der Waals surface area contributed by atoms with E-state index in [4.69, 9.17) is 4.74 Å². The number of thioether (sulfide) groups is 1. The van der Waals surface area contributed by atoms with Crippen LogP contribution in [0.1, 0.15) is 51.9 Å². The molecule has 20 heavy (non-hydrogen) atoms. The van der Waals surface area contributed by atoms with Crippen LogP contribution in [-0.4, -0.2) is 58.5 Å². The molecule has 3 saturated heterocycles. The standard InChI is InChI=1S/C16H29NO2S/c1-13(18)11-14-3-2-7-17(14)15-4-8-19-16(12-15)5-9-20-10-6-16/h13-15,18H,2-12H2,1H3. The van der Waals surface area contributed by atoms with Crippen molar-refractivity contribution >= 4 is 11.8 Å². The summed E-state index contributed by atoms with van der Waals surface area (Å²) < 4.78 is 6.22. The first kappa shape index (κ1) is 15.1. The zero-order valence-electron chi connectivity index (χ0n) is 12.7. The molecule has 1 spiro atoms. The maximum Gasteiger partial charge on any atom is 0.0713 e. The fraction of sp³-hybridized carbons (Fsp3) is 1.00. The lowest BCUT2D eigenvalue weighted by Gasteiger charge is -2.47. The lowest BCUT2D eigenvalue weighted by Crippen LogP contribution is -2.51. The van der Waals surface area contributed by atoms with Gasteiger partial charge in [0.2, 0.25) is 0 Å². The first-order valence-electron chi connectivity index (χ1n) is 8.34. The molecule has 0 aromatic heterocycles. The van der Waals surface area contributed by atoms with Crippen LogP contribution in [0.2, 0.25) is 0 Å². The molecule has 0 aliphatic carbocycles. The number of hydrogen-bond acceptors (Lipinski definition) is 4. The summed E-state index contributed by atoms with van der Waals surface area (Å²) in [5.74, 6) is 2.54. The third-order valence-electron chi connectivity index (χ3n) is 5.38. The molecule has 3 fully saturated rings. The van der Waals surface area contributed by atoms with Gasteiger partial charge in [0.15, 0.2) is 0 Å². The second-order valence-electron chi connectivity index (χ2n) is 6.91. The Balaban J connectivity index is 1.63. The van der Waals surface area contributed by atoms with Crippen LogP contribution in [0.25, 0.3) is 0 Å². The Kier molecular flexibility index (Phi) is 4.96. The van der Waals surface area contributed by atoms with Gasteiger partial charge in [-0.05, 0) is 69.9 Å².